The normalized spacial score (nSPS) is 22.0. The lowest BCUT2D eigenvalue weighted by Crippen LogP contribution is -2.55. The average molecular weight is 320 g/mol. The third kappa shape index (κ3) is 5.13. The molecule has 1 amide bonds. The van der Waals surface area contributed by atoms with Gasteiger partial charge in [0.15, 0.2) is 0 Å². The van der Waals surface area contributed by atoms with E-state index in [1.165, 1.54) is 0 Å². The molecule has 23 heavy (non-hydrogen) atoms. The number of piperidine rings is 1. The zero-order chi connectivity index (χ0) is 17.0. The average Bonchev–Trinajstić information content (AvgIpc) is 2.44. The second kappa shape index (κ2) is 7.21. The number of phenols is 1. The molecule has 1 aliphatic heterocycles. The minimum Gasteiger partial charge on any atom is -0.508 e. The fourth-order valence-corrected chi connectivity index (χ4v) is 2.91. The number of aromatic hydroxyl groups is 1. The number of hydrogen-bond donors (Lipinski definition) is 2. The van der Waals surface area contributed by atoms with Crippen molar-refractivity contribution in [2.24, 2.45) is 0 Å². The van der Waals surface area contributed by atoms with E-state index in [0.717, 1.165) is 24.9 Å². The number of rotatable bonds is 3. The maximum Gasteiger partial charge on any atom is 0.410 e. The fraction of sp³-hybridized carbons (Fsp3) is 0.611. The molecule has 1 saturated heterocycles. The van der Waals surface area contributed by atoms with Gasteiger partial charge < -0.3 is 20.1 Å². The number of ether oxygens (including phenoxy) is 1. The lowest BCUT2D eigenvalue weighted by molar-refractivity contribution is 0.00699. The molecule has 1 heterocycles. The first-order chi connectivity index (χ1) is 10.8. The van der Waals surface area contributed by atoms with Crippen molar-refractivity contribution in [1.29, 1.82) is 0 Å². The number of carbonyl (C=O) groups is 1. The quantitative estimate of drug-likeness (QED) is 0.897. The molecule has 1 aromatic carbocycles. The van der Waals surface area contributed by atoms with Crippen molar-refractivity contribution in [2.75, 3.05) is 6.54 Å². The first-order valence-corrected chi connectivity index (χ1v) is 8.27. The van der Waals surface area contributed by atoms with Crippen molar-refractivity contribution < 1.29 is 14.6 Å². The van der Waals surface area contributed by atoms with Crippen molar-refractivity contribution in [3.8, 4) is 5.75 Å². The van der Waals surface area contributed by atoms with E-state index >= 15 is 0 Å². The van der Waals surface area contributed by atoms with Gasteiger partial charge in [-0.15, -0.1) is 0 Å². The molecule has 2 unspecified atom stereocenters. The molecular weight excluding hydrogens is 292 g/mol. The molecule has 0 radical (unpaired) electrons. The van der Waals surface area contributed by atoms with Crippen LogP contribution in [0.25, 0.3) is 0 Å². The topological polar surface area (TPSA) is 61.8 Å². The van der Waals surface area contributed by atoms with Gasteiger partial charge in [0.05, 0.1) is 0 Å². The summed E-state index contributed by atoms with van der Waals surface area (Å²) in [6, 6.07) is 7.54. The van der Waals surface area contributed by atoms with Gasteiger partial charge in [-0.1, -0.05) is 12.1 Å². The molecule has 2 atom stereocenters. The highest BCUT2D eigenvalue weighted by molar-refractivity contribution is 5.68. The smallest absolute Gasteiger partial charge is 0.410 e. The molecule has 5 nitrogen and oxygen atoms in total. The summed E-state index contributed by atoms with van der Waals surface area (Å²) < 4.78 is 5.50. The molecule has 0 aromatic heterocycles. The van der Waals surface area contributed by atoms with E-state index in [1.54, 1.807) is 12.1 Å². The number of carbonyl (C=O) groups excluding carboxylic acids is 1. The Labute approximate surface area is 138 Å². The number of nitrogens with one attached hydrogen (secondary N) is 1. The minimum atomic E-state index is -0.473. The Morgan fingerprint density at radius 2 is 2.17 bits per heavy atom. The zero-order valence-electron chi connectivity index (χ0n) is 14.5. The van der Waals surface area contributed by atoms with E-state index in [4.69, 9.17) is 4.74 Å². The van der Waals surface area contributed by atoms with Crippen molar-refractivity contribution >= 4 is 6.09 Å². The summed E-state index contributed by atoms with van der Waals surface area (Å²) in [6.07, 6.45) is 1.74. The lowest BCUT2D eigenvalue weighted by atomic mass is 9.97. The van der Waals surface area contributed by atoms with E-state index in [0.29, 0.717) is 6.54 Å². The Bertz CT molecular complexity index is 539. The van der Waals surface area contributed by atoms with Crippen LogP contribution >= 0.6 is 0 Å². The summed E-state index contributed by atoms with van der Waals surface area (Å²) in [4.78, 5) is 14.1. The van der Waals surface area contributed by atoms with Gasteiger partial charge in [-0.2, -0.15) is 0 Å². The van der Waals surface area contributed by atoms with Crippen LogP contribution in [0.3, 0.4) is 0 Å². The Balaban J connectivity index is 1.94. The monoisotopic (exact) mass is 320 g/mol. The third-order valence-corrected chi connectivity index (χ3v) is 4.10. The van der Waals surface area contributed by atoms with Crippen LogP contribution in [0, 0.1) is 0 Å². The van der Waals surface area contributed by atoms with Crippen molar-refractivity contribution in [3.63, 3.8) is 0 Å². The van der Waals surface area contributed by atoms with Crippen molar-refractivity contribution in [1.82, 2.24) is 10.2 Å². The van der Waals surface area contributed by atoms with E-state index in [1.807, 2.05) is 37.8 Å². The highest BCUT2D eigenvalue weighted by Gasteiger charge is 2.33. The maximum absolute atomic E-state index is 12.3. The molecule has 1 aromatic rings. The zero-order valence-corrected chi connectivity index (χ0v) is 14.5. The van der Waals surface area contributed by atoms with E-state index < -0.39 is 5.60 Å². The van der Waals surface area contributed by atoms with E-state index in [-0.39, 0.29) is 23.9 Å². The Kier molecular flexibility index (Phi) is 5.52. The van der Waals surface area contributed by atoms with Gasteiger partial charge in [-0.05, 0) is 58.2 Å². The van der Waals surface area contributed by atoms with Crippen LogP contribution in [-0.4, -0.2) is 40.3 Å². The van der Waals surface area contributed by atoms with Gasteiger partial charge in [0.2, 0.25) is 0 Å². The molecule has 0 bridgehead atoms. The van der Waals surface area contributed by atoms with Gasteiger partial charge in [-0.25, -0.2) is 4.79 Å². The molecule has 0 saturated carbocycles. The van der Waals surface area contributed by atoms with Crippen LogP contribution < -0.4 is 5.32 Å². The molecule has 128 valence electrons. The molecular formula is C18H28N2O3. The second-order valence-electron chi connectivity index (χ2n) is 7.21. The van der Waals surface area contributed by atoms with Gasteiger partial charge in [0, 0.05) is 25.2 Å². The Morgan fingerprint density at radius 3 is 2.83 bits per heavy atom. The lowest BCUT2D eigenvalue weighted by Gasteiger charge is -2.40. The van der Waals surface area contributed by atoms with Gasteiger partial charge >= 0.3 is 6.09 Å². The number of benzene rings is 1. The number of amides is 1. The molecule has 0 spiro atoms. The van der Waals surface area contributed by atoms with Gasteiger partial charge in [0.1, 0.15) is 11.4 Å². The highest BCUT2D eigenvalue weighted by atomic mass is 16.6. The van der Waals surface area contributed by atoms with E-state index in [2.05, 4.69) is 12.2 Å². The first kappa shape index (κ1) is 17.6. The second-order valence-corrected chi connectivity index (χ2v) is 7.21. The molecule has 2 rings (SSSR count). The third-order valence-electron chi connectivity index (χ3n) is 4.10. The summed E-state index contributed by atoms with van der Waals surface area (Å²) in [6.45, 7) is 9.13. The van der Waals surface area contributed by atoms with Crippen LogP contribution in [0.4, 0.5) is 4.79 Å². The van der Waals surface area contributed by atoms with Gasteiger partial charge in [-0.3, -0.25) is 0 Å². The summed E-state index contributed by atoms with van der Waals surface area (Å²) in [5, 5.41) is 13.0. The van der Waals surface area contributed by atoms with E-state index in [9.17, 15) is 9.90 Å². The summed E-state index contributed by atoms with van der Waals surface area (Å²) in [5.41, 5.74) is 0.560. The predicted octanol–water partition coefficient (Wildman–Crippen LogP) is 3.27. The van der Waals surface area contributed by atoms with Crippen LogP contribution in [0.5, 0.6) is 5.75 Å². The van der Waals surface area contributed by atoms with Crippen LogP contribution in [-0.2, 0) is 11.3 Å². The fourth-order valence-electron chi connectivity index (χ4n) is 2.91. The SMILES string of the molecule is CC1C(NCc2cccc(O)c2)CCCN1C(=O)OC(C)(C)C. The predicted molar refractivity (Wildman–Crippen MR) is 90.4 cm³/mol. The largest absolute Gasteiger partial charge is 0.508 e. The summed E-state index contributed by atoms with van der Waals surface area (Å²) in [7, 11) is 0. The Hall–Kier alpha value is -1.75. The number of hydrogen-bond acceptors (Lipinski definition) is 4. The van der Waals surface area contributed by atoms with Crippen LogP contribution in [0.2, 0.25) is 0 Å². The number of likely N-dealkylation sites (tertiary alicyclic amines) is 1. The summed E-state index contributed by atoms with van der Waals surface area (Å²) >= 11 is 0. The molecule has 5 heteroatoms. The summed E-state index contributed by atoms with van der Waals surface area (Å²) in [5.74, 6) is 0.274. The van der Waals surface area contributed by atoms with Crippen molar-refractivity contribution in [3.05, 3.63) is 29.8 Å². The highest BCUT2D eigenvalue weighted by Crippen LogP contribution is 2.21. The van der Waals surface area contributed by atoms with Crippen molar-refractivity contribution in [2.45, 2.75) is 64.8 Å². The molecule has 1 fully saturated rings. The maximum atomic E-state index is 12.3. The minimum absolute atomic E-state index is 0.0795. The van der Waals surface area contributed by atoms with Gasteiger partial charge in [0.25, 0.3) is 0 Å². The number of nitrogens with zero attached hydrogens (tertiary/aromatic N) is 1. The molecule has 0 aliphatic carbocycles. The first-order valence-electron chi connectivity index (χ1n) is 8.27. The Morgan fingerprint density at radius 1 is 1.43 bits per heavy atom. The number of phenolic OH excluding ortho intramolecular Hbond substituents is 1. The van der Waals surface area contributed by atoms with Crippen LogP contribution in [0.15, 0.2) is 24.3 Å². The molecule has 2 N–H and O–H groups in total. The standard InChI is InChI=1S/C18H28N2O3/c1-13-16(19-12-14-7-5-8-15(21)11-14)9-6-10-20(13)17(22)23-18(2,3)4/h5,7-8,11,13,16,19,21H,6,9-10,12H2,1-4H3. The molecule has 1 aliphatic rings. The van der Waals surface area contributed by atoms with Crippen LogP contribution in [0.1, 0.15) is 46.1 Å².